The van der Waals surface area contributed by atoms with Crippen molar-refractivity contribution < 1.29 is 9.90 Å². The first-order chi connectivity index (χ1) is 10.6. The second kappa shape index (κ2) is 4.83. The van der Waals surface area contributed by atoms with E-state index >= 15 is 0 Å². The predicted octanol–water partition coefficient (Wildman–Crippen LogP) is 2.04. The molecule has 1 N–H and O–H groups in total. The molecule has 1 aliphatic heterocycles. The molecule has 0 radical (unpaired) electrons. The van der Waals surface area contributed by atoms with Crippen molar-refractivity contribution in [1.29, 1.82) is 0 Å². The lowest BCUT2D eigenvalue weighted by molar-refractivity contribution is 0.0696. The van der Waals surface area contributed by atoms with Crippen LogP contribution >= 0.6 is 0 Å². The van der Waals surface area contributed by atoms with Gasteiger partial charge in [-0.3, -0.25) is 4.68 Å². The lowest BCUT2D eigenvalue weighted by Gasteiger charge is -2.20. The molecular weight excluding hydrogens is 280 g/mol. The third kappa shape index (κ3) is 2.24. The van der Waals surface area contributed by atoms with Crippen molar-refractivity contribution in [3.8, 4) is 0 Å². The van der Waals surface area contributed by atoms with Gasteiger partial charge in [0.2, 0.25) is 0 Å². The number of carboxylic acids is 1. The van der Waals surface area contributed by atoms with Crippen molar-refractivity contribution in [3.05, 3.63) is 41.9 Å². The van der Waals surface area contributed by atoms with E-state index in [1.807, 2.05) is 13.1 Å². The molecule has 2 aromatic heterocycles. The minimum Gasteiger partial charge on any atom is -0.478 e. The number of piperidine rings is 1. The van der Waals surface area contributed by atoms with E-state index in [0.29, 0.717) is 0 Å². The van der Waals surface area contributed by atoms with E-state index in [-0.39, 0.29) is 11.6 Å². The molecule has 0 aromatic carbocycles. The molecular formula is C16H18N4O2. The molecule has 2 fully saturated rings. The Labute approximate surface area is 128 Å². The molecule has 1 aliphatic carbocycles. The molecule has 3 unspecified atom stereocenters. The van der Waals surface area contributed by atoms with Gasteiger partial charge < -0.3 is 10.0 Å². The Balaban J connectivity index is 1.50. The molecule has 1 saturated carbocycles. The Bertz CT molecular complexity index is 699. The number of fused-ring (bicyclic) bond motifs is 1. The summed E-state index contributed by atoms with van der Waals surface area (Å²) in [7, 11) is 0. The smallest absolute Gasteiger partial charge is 0.338 e. The second-order valence-electron chi connectivity index (χ2n) is 6.30. The number of aromatic nitrogens is 3. The SMILES string of the molecule is CC(c1ccc(N2CC3CC3C2)nc1)n1cc(C(=O)O)cn1. The minimum atomic E-state index is -0.959. The maximum atomic E-state index is 10.9. The molecule has 22 heavy (non-hydrogen) atoms. The first-order valence-electron chi connectivity index (χ1n) is 7.60. The summed E-state index contributed by atoms with van der Waals surface area (Å²) in [5.74, 6) is 1.85. The summed E-state index contributed by atoms with van der Waals surface area (Å²) in [6.07, 6.45) is 6.18. The highest BCUT2D eigenvalue weighted by atomic mass is 16.4. The van der Waals surface area contributed by atoms with Gasteiger partial charge in [0.05, 0.1) is 17.8 Å². The number of aromatic carboxylic acids is 1. The normalized spacial score (nSPS) is 24.1. The Morgan fingerprint density at radius 2 is 2.09 bits per heavy atom. The zero-order chi connectivity index (χ0) is 15.3. The average molecular weight is 298 g/mol. The summed E-state index contributed by atoms with van der Waals surface area (Å²) in [6, 6.07) is 4.07. The van der Waals surface area contributed by atoms with Crippen LogP contribution in [-0.4, -0.2) is 38.9 Å². The highest BCUT2D eigenvalue weighted by Gasteiger charge is 2.45. The van der Waals surface area contributed by atoms with Gasteiger partial charge in [0.25, 0.3) is 0 Å². The van der Waals surface area contributed by atoms with E-state index in [4.69, 9.17) is 5.11 Å². The van der Waals surface area contributed by atoms with Gasteiger partial charge in [0, 0.05) is 25.5 Å². The number of pyridine rings is 1. The van der Waals surface area contributed by atoms with Gasteiger partial charge in [-0.05, 0) is 36.8 Å². The predicted molar refractivity (Wildman–Crippen MR) is 81.0 cm³/mol. The zero-order valence-corrected chi connectivity index (χ0v) is 12.4. The van der Waals surface area contributed by atoms with E-state index < -0.39 is 5.97 Å². The fraction of sp³-hybridized carbons (Fsp3) is 0.438. The van der Waals surface area contributed by atoms with Crippen LogP contribution in [0.5, 0.6) is 0 Å². The van der Waals surface area contributed by atoms with Crippen molar-refractivity contribution in [3.63, 3.8) is 0 Å². The third-order valence-electron chi connectivity index (χ3n) is 4.80. The second-order valence-corrected chi connectivity index (χ2v) is 6.30. The number of hydrogen-bond acceptors (Lipinski definition) is 4. The number of hydrogen-bond donors (Lipinski definition) is 1. The Morgan fingerprint density at radius 1 is 1.32 bits per heavy atom. The lowest BCUT2D eigenvalue weighted by atomic mass is 10.1. The van der Waals surface area contributed by atoms with Crippen LogP contribution in [0.3, 0.4) is 0 Å². The van der Waals surface area contributed by atoms with Gasteiger partial charge in [-0.2, -0.15) is 5.10 Å². The molecule has 1 saturated heterocycles. The Kier molecular flexibility index (Phi) is 2.92. The van der Waals surface area contributed by atoms with Gasteiger partial charge in [0.1, 0.15) is 5.82 Å². The van der Waals surface area contributed by atoms with E-state index in [9.17, 15) is 4.79 Å². The zero-order valence-electron chi connectivity index (χ0n) is 12.4. The van der Waals surface area contributed by atoms with Crippen LogP contribution in [0, 0.1) is 11.8 Å². The summed E-state index contributed by atoms with van der Waals surface area (Å²) < 4.78 is 1.66. The van der Waals surface area contributed by atoms with Crippen LogP contribution in [-0.2, 0) is 0 Å². The van der Waals surface area contributed by atoms with E-state index in [0.717, 1.165) is 36.3 Å². The van der Waals surface area contributed by atoms with Gasteiger partial charge in [-0.25, -0.2) is 9.78 Å². The summed E-state index contributed by atoms with van der Waals surface area (Å²) in [5, 5.41) is 13.1. The molecule has 0 spiro atoms. The van der Waals surface area contributed by atoms with Crippen molar-refractivity contribution in [2.45, 2.75) is 19.4 Å². The number of carboxylic acid groups (broad SMARTS) is 1. The molecule has 2 aliphatic rings. The molecule has 4 rings (SSSR count). The van der Waals surface area contributed by atoms with Crippen molar-refractivity contribution in [1.82, 2.24) is 14.8 Å². The topological polar surface area (TPSA) is 71.2 Å². The summed E-state index contributed by atoms with van der Waals surface area (Å²) in [6.45, 7) is 4.25. The number of carbonyl (C=O) groups is 1. The van der Waals surface area contributed by atoms with E-state index in [1.165, 1.54) is 12.6 Å². The van der Waals surface area contributed by atoms with Crippen LogP contribution < -0.4 is 4.90 Å². The Morgan fingerprint density at radius 3 is 2.68 bits per heavy atom. The molecule has 0 amide bonds. The maximum Gasteiger partial charge on any atom is 0.338 e. The number of anilines is 1. The summed E-state index contributed by atoms with van der Waals surface area (Å²) >= 11 is 0. The first kappa shape index (κ1) is 13.3. The van der Waals surface area contributed by atoms with E-state index in [1.54, 1.807) is 10.9 Å². The van der Waals surface area contributed by atoms with Crippen LogP contribution in [0.15, 0.2) is 30.7 Å². The molecule has 0 bridgehead atoms. The molecule has 3 atom stereocenters. The van der Waals surface area contributed by atoms with Gasteiger partial charge in [-0.1, -0.05) is 6.07 Å². The maximum absolute atomic E-state index is 10.9. The number of rotatable bonds is 4. The van der Waals surface area contributed by atoms with Crippen molar-refractivity contribution in [2.24, 2.45) is 11.8 Å². The molecule has 6 nitrogen and oxygen atoms in total. The fourth-order valence-corrected chi connectivity index (χ4v) is 3.23. The van der Waals surface area contributed by atoms with Crippen molar-refractivity contribution in [2.75, 3.05) is 18.0 Å². The molecule has 3 heterocycles. The van der Waals surface area contributed by atoms with Crippen LogP contribution in [0.25, 0.3) is 0 Å². The third-order valence-corrected chi connectivity index (χ3v) is 4.80. The highest BCUT2D eigenvalue weighted by Crippen LogP contribution is 2.45. The summed E-state index contributed by atoms with van der Waals surface area (Å²) in [5.41, 5.74) is 1.22. The van der Waals surface area contributed by atoms with Crippen LogP contribution in [0.4, 0.5) is 5.82 Å². The average Bonchev–Trinajstić information content (AvgIpc) is 2.95. The quantitative estimate of drug-likeness (QED) is 0.935. The van der Waals surface area contributed by atoms with Gasteiger partial charge in [-0.15, -0.1) is 0 Å². The minimum absolute atomic E-state index is 0.0402. The fourth-order valence-electron chi connectivity index (χ4n) is 3.23. The van der Waals surface area contributed by atoms with Gasteiger partial charge >= 0.3 is 5.97 Å². The molecule has 6 heteroatoms. The highest BCUT2D eigenvalue weighted by molar-refractivity contribution is 5.86. The first-order valence-corrected chi connectivity index (χ1v) is 7.60. The monoisotopic (exact) mass is 298 g/mol. The molecule has 2 aromatic rings. The van der Waals surface area contributed by atoms with Crippen molar-refractivity contribution >= 4 is 11.8 Å². The lowest BCUT2D eigenvalue weighted by Crippen LogP contribution is -2.22. The Hall–Kier alpha value is -2.37. The molecule has 114 valence electrons. The van der Waals surface area contributed by atoms with Crippen LogP contribution in [0.1, 0.15) is 35.3 Å². The largest absolute Gasteiger partial charge is 0.478 e. The van der Waals surface area contributed by atoms with Crippen LogP contribution in [0.2, 0.25) is 0 Å². The standard InChI is InChI=1S/C16H18N4O2/c1-10(20-9-14(6-18-20)16(21)22)11-2-3-15(17-5-11)19-7-12-4-13(12)8-19/h2-3,5-6,9-10,12-13H,4,7-8H2,1H3,(H,21,22). The number of nitrogens with zero attached hydrogens (tertiary/aromatic N) is 4. The van der Waals surface area contributed by atoms with E-state index in [2.05, 4.69) is 27.1 Å². The summed E-state index contributed by atoms with van der Waals surface area (Å²) in [4.78, 5) is 17.8. The van der Waals surface area contributed by atoms with Gasteiger partial charge in [0.15, 0.2) is 0 Å².